The van der Waals surface area contributed by atoms with Crippen LogP contribution in [0.15, 0.2) is 40.3 Å². The number of nitrogens with zero attached hydrogens (tertiary/aromatic N) is 3. The smallest absolute Gasteiger partial charge is 0.417 e. The monoisotopic (exact) mass is 522 g/mol. The molecule has 0 aliphatic carbocycles. The Bertz CT molecular complexity index is 1210. The van der Waals surface area contributed by atoms with E-state index in [9.17, 15) is 22.8 Å². The van der Waals surface area contributed by atoms with Crippen LogP contribution >= 0.6 is 11.3 Å². The highest BCUT2D eigenvalue weighted by molar-refractivity contribution is 7.15. The number of thiophene rings is 1. The predicted octanol–water partition coefficient (Wildman–Crippen LogP) is 4.67. The van der Waals surface area contributed by atoms with Gasteiger partial charge < -0.3 is 19.4 Å². The molecule has 1 N–H and O–H groups in total. The van der Waals surface area contributed by atoms with E-state index in [0.29, 0.717) is 54.1 Å². The van der Waals surface area contributed by atoms with Crippen molar-refractivity contribution in [2.24, 2.45) is 0 Å². The second-order valence-electron chi connectivity index (χ2n) is 8.20. The van der Waals surface area contributed by atoms with E-state index in [2.05, 4.69) is 10.3 Å². The zero-order valence-corrected chi connectivity index (χ0v) is 20.5. The fourth-order valence-corrected chi connectivity index (χ4v) is 4.82. The molecule has 8 nitrogen and oxygen atoms in total. The van der Waals surface area contributed by atoms with Crippen LogP contribution < -0.4 is 10.2 Å². The number of anilines is 2. The quantitative estimate of drug-likeness (QED) is 0.452. The Morgan fingerprint density at radius 3 is 2.50 bits per heavy atom. The van der Waals surface area contributed by atoms with Crippen LogP contribution in [-0.4, -0.2) is 61.1 Å². The van der Waals surface area contributed by atoms with Gasteiger partial charge in [-0.15, -0.1) is 11.3 Å². The van der Waals surface area contributed by atoms with Gasteiger partial charge in [0.15, 0.2) is 0 Å². The molecule has 3 aromatic rings. The van der Waals surface area contributed by atoms with Crippen LogP contribution in [0.4, 0.5) is 24.0 Å². The summed E-state index contributed by atoms with van der Waals surface area (Å²) in [5.41, 5.74) is 0.0184. The summed E-state index contributed by atoms with van der Waals surface area (Å²) in [6, 6.07) is 5.93. The van der Waals surface area contributed by atoms with Gasteiger partial charge in [-0.25, -0.2) is 9.78 Å². The molecule has 3 aromatic heterocycles. The first-order valence-electron chi connectivity index (χ1n) is 11.3. The zero-order valence-electron chi connectivity index (χ0n) is 19.7. The van der Waals surface area contributed by atoms with Crippen molar-refractivity contribution in [2.45, 2.75) is 20.0 Å². The number of aryl methyl sites for hydroxylation is 1. The molecule has 1 aliphatic rings. The Labute approximate surface area is 209 Å². The maximum absolute atomic E-state index is 12.8. The maximum atomic E-state index is 12.8. The summed E-state index contributed by atoms with van der Waals surface area (Å²) >= 11 is 1.22. The third-order valence-electron chi connectivity index (χ3n) is 5.67. The number of rotatable bonds is 7. The van der Waals surface area contributed by atoms with Crippen molar-refractivity contribution in [3.05, 3.63) is 52.7 Å². The number of aromatic nitrogens is 1. The van der Waals surface area contributed by atoms with Crippen LogP contribution in [-0.2, 0) is 15.7 Å². The number of carbonyl (C=O) groups excluding carboxylic acids is 2. The van der Waals surface area contributed by atoms with E-state index in [1.807, 2.05) is 9.80 Å². The molecular formula is C24H25F3N4O4S. The first-order chi connectivity index (χ1) is 17.2. The van der Waals surface area contributed by atoms with Crippen molar-refractivity contribution in [3.63, 3.8) is 0 Å². The van der Waals surface area contributed by atoms with E-state index in [1.165, 1.54) is 17.4 Å². The lowest BCUT2D eigenvalue weighted by atomic mass is 10.1. The highest BCUT2D eigenvalue weighted by atomic mass is 32.1. The molecule has 4 heterocycles. The van der Waals surface area contributed by atoms with Gasteiger partial charge in [0.25, 0.3) is 0 Å². The number of halogens is 3. The van der Waals surface area contributed by atoms with E-state index in [-0.39, 0.29) is 24.6 Å². The number of piperazine rings is 1. The van der Waals surface area contributed by atoms with Crippen LogP contribution in [0.3, 0.4) is 0 Å². The van der Waals surface area contributed by atoms with Crippen molar-refractivity contribution in [1.82, 2.24) is 9.88 Å². The second kappa shape index (κ2) is 10.7. The van der Waals surface area contributed by atoms with Gasteiger partial charge in [0, 0.05) is 43.3 Å². The lowest BCUT2D eigenvalue weighted by Crippen LogP contribution is -2.49. The van der Waals surface area contributed by atoms with Crippen molar-refractivity contribution in [1.29, 1.82) is 0 Å². The van der Waals surface area contributed by atoms with Gasteiger partial charge in [0.05, 0.1) is 18.7 Å². The van der Waals surface area contributed by atoms with Crippen LogP contribution in [0.2, 0.25) is 0 Å². The van der Waals surface area contributed by atoms with Crippen molar-refractivity contribution < 1.29 is 31.9 Å². The number of pyridine rings is 1. The first kappa shape index (κ1) is 25.7. The van der Waals surface area contributed by atoms with Gasteiger partial charge in [-0.1, -0.05) is 0 Å². The summed E-state index contributed by atoms with van der Waals surface area (Å²) in [6.45, 7) is 5.89. The number of ether oxygens (including phenoxy) is 1. The Morgan fingerprint density at radius 1 is 1.17 bits per heavy atom. The Kier molecular flexibility index (Phi) is 7.65. The summed E-state index contributed by atoms with van der Waals surface area (Å²) < 4.78 is 49.1. The summed E-state index contributed by atoms with van der Waals surface area (Å²) in [7, 11) is 0. The second-order valence-corrected chi connectivity index (χ2v) is 9.08. The molecule has 1 amide bonds. The molecule has 192 valence electrons. The van der Waals surface area contributed by atoms with E-state index in [4.69, 9.17) is 9.15 Å². The van der Waals surface area contributed by atoms with Gasteiger partial charge in [0.2, 0.25) is 5.91 Å². The number of hydrogen-bond donors (Lipinski definition) is 1. The first-order valence-corrected chi connectivity index (χ1v) is 12.2. The molecule has 1 saturated heterocycles. The van der Waals surface area contributed by atoms with E-state index >= 15 is 0 Å². The molecule has 1 fully saturated rings. The standard InChI is InChI=1S/C24H25F3N4O4S/c1-3-34-23(33)21-17(18-6-4-15(2)35-18)14-36-22(21)29-20(32)13-30-8-10-31(11-9-30)19-7-5-16(12-28-19)24(25,26)27/h4-7,12,14H,3,8-11,13H2,1-2H3,(H,29,32). The number of carbonyl (C=O) groups is 2. The summed E-state index contributed by atoms with van der Waals surface area (Å²) in [6.07, 6.45) is -3.60. The van der Waals surface area contributed by atoms with Gasteiger partial charge >= 0.3 is 12.1 Å². The molecule has 0 radical (unpaired) electrons. The minimum Gasteiger partial charge on any atom is -0.462 e. The lowest BCUT2D eigenvalue weighted by molar-refractivity contribution is -0.137. The fourth-order valence-electron chi connectivity index (χ4n) is 3.86. The molecule has 0 bridgehead atoms. The molecular weight excluding hydrogens is 497 g/mol. The van der Waals surface area contributed by atoms with Crippen LogP contribution in [0.25, 0.3) is 11.3 Å². The zero-order chi connectivity index (χ0) is 25.9. The topological polar surface area (TPSA) is 87.9 Å². The van der Waals surface area contributed by atoms with Gasteiger partial charge in [-0.3, -0.25) is 9.69 Å². The summed E-state index contributed by atoms with van der Waals surface area (Å²) in [5.74, 6) is 0.842. The molecule has 0 spiro atoms. The number of alkyl halides is 3. The average Bonchev–Trinajstić information content (AvgIpc) is 3.45. The van der Waals surface area contributed by atoms with Crippen molar-refractivity contribution in [3.8, 4) is 11.3 Å². The number of esters is 1. The number of furan rings is 1. The van der Waals surface area contributed by atoms with E-state index < -0.39 is 17.7 Å². The number of nitrogens with one attached hydrogen (secondary N) is 1. The van der Waals surface area contributed by atoms with Gasteiger partial charge in [-0.2, -0.15) is 13.2 Å². The summed E-state index contributed by atoms with van der Waals surface area (Å²) in [4.78, 5) is 33.2. The highest BCUT2D eigenvalue weighted by Crippen LogP contribution is 2.37. The SMILES string of the molecule is CCOC(=O)c1c(-c2ccc(C)o2)csc1NC(=O)CN1CCN(c2ccc(C(F)(F)F)cn2)CC1. The Hall–Kier alpha value is -3.38. The fraction of sp³-hybridized carbons (Fsp3) is 0.375. The van der Waals surface area contributed by atoms with Crippen LogP contribution in [0.1, 0.15) is 28.6 Å². The molecule has 0 saturated carbocycles. The van der Waals surface area contributed by atoms with Crippen LogP contribution in [0, 0.1) is 6.92 Å². The summed E-state index contributed by atoms with van der Waals surface area (Å²) in [5, 5.41) is 4.95. The molecule has 12 heteroatoms. The average molecular weight is 523 g/mol. The van der Waals surface area contributed by atoms with Crippen molar-refractivity contribution >= 4 is 34.0 Å². The lowest BCUT2D eigenvalue weighted by Gasteiger charge is -2.35. The molecule has 0 atom stereocenters. The largest absolute Gasteiger partial charge is 0.462 e. The predicted molar refractivity (Wildman–Crippen MR) is 129 cm³/mol. The van der Waals surface area contributed by atoms with Crippen LogP contribution in [0.5, 0.6) is 0 Å². The third kappa shape index (κ3) is 5.88. The molecule has 0 unspecified atom stereocenters. The minimum atomic E-state index is -4.43. The molecule has 36 heavy (non-hydrogen) atoms. The molecule has 0 aromatic carbocycles. The molecule has 4 rings (SSSR count). The Morgan fingerprint density at radius 2 is 1.92 bits per heavy atom. The normalized spacial score (nSPS) is 14.6. The number of hydrogen-bond acceptors (Lipinski definition) is 8. The van der Waals surface area contributed by atoms with Gasteiger partial charge in [-0.05, 0) is 38.1 Å². The molecule has 1 aliphatic heterocycles. The van der Waals surface area contributed by atoms with Gasteiger partial charge in [0.1, 0.15) is 27.9 Å². The maximum Gasteiger partial charge on any atom is 0.417 e. The van der Waals surface area contributed by atoms with E-state index in [0.717, 1.165) is 12.3 Å². The highest BCUT2D eigenvalue weighted by Gasteiger charge is 2.31. The minimum absolute atomic E-state index is 0.101. The third-order valence-corrected chi connectivity index (χ3v) is 6.56. The Balaban J connectivity index is 1.37. The van der Waals surface area contributed by atoms with Crippen molar-refractivity contribution in [2.75, 3.05) is 49.5 Å². The number of amides is 1. The van der Waals surface area contributed by atoms with E-state index in [1.54, 1.807) is 31.4 Å².